The zero-order chi connectivity index (χ0) is 35.2. The molecule has 4 N–H and O–H groups in total. The van der Waals surface area contributed by atoms with Gasteiger partial charge in [-0.2, -0.15) is 0 Å². The second-order valence-electron chi connectivity index (χ2n) is 13.9. The molecule has 272 valence electrons. The number of allylic oxidation sites excluding steroid dienone is 3. The van der Waals surface area contributed by atoms with Crippen LogP contribution in [-0.4, -0.2) is 115 Å². The highest BCUT2D eigenvalue weighted by Gasteiger charge is 2.53. The lowest BCUT2D eigenvalue weighted by atomic mass is 9.86. The number of urea groups is 1. The maximum absolute atomic E-state index is 14.7. The summed E-state index contributed by atoms with van der Waals surface area (Å²) in [7, 11) is 0. The largest absolute Gasteiger partial charge is 0.381 e. The normalized spacial score (nSPS) is 22.2. The summed E-state index contributed by atoms with van der Waals surface area (Å²) in [5.41, 5.74) is 2.37. The quantitative estimate of drug-likeness (QED) is 0.276. The molecule has 3 saturated heterocycles. The number of nitrogens with zero attached hydrogens (tertiary/aromatic N) is 3. The first-order valence-corrected chi connectivity index (χ1v) is 19.1. The fourth-order valence-electron chi connectivity index (χ4n) is 7.46. The molecule has 1 spiro atoms. The van der Waals surface area contributed by atoms with Gasteiger partial charge in [0.15, 0.2) is 5.13 Å². The van der Waals surface area contributed by atoms with Crippen LogP contribution in [0.3, 0.4) is 0 Å². The minimum atomic E-state index is -0.872. The molecule has 0 bridgehead atoms. The van der Waals surface area contributed by atoms with E-state index in [4.69, 9.17) is 9.47 Å². The summed E-state index contributed by atoms with van der Waals surface area (Å²) in [4.78, 5) is 63.1. The first-order valence-electron chi connectivity index (χ1n) is 18.2. The van der Waals surface area contributed by atoms with Crippen LogP contribution in [0.25, 0.3) is 11.3 Å². The summed E-state index contributed by atoms with van der Waals surface area (Å²) < 4.78 is 11.1. The van der Waals surface area contributed by atoms with E-state index in [2.05, 4.69) is 31.2 Å². The van der Waals surface area contributed by atoms with Crippen LogP contribution in [0.1, 0.15) is 61.7 Å². The highest BCUT2D eigenvalue weighted by Crippen LogP contribution is 2.43. The standard InChI is InChI=1S/C37H47N7O6S/c45-32(38-16-17-43-18-22-50-23-19-43)27-8-6-25(7-9-27)29-24-51-36(40-29)42-33(46)30-12-13-37(14-20-49-21-15-37)44(30)34(47)31(26-4-2-1-3-5-26)41-35(48)39-28-10-11-28/h1-2,4,6-9,24,28,30-31H,3,5,10-23H2,(H,38,45)(H2,39,41,48)(H,40,42,46)/t30-,31+/m0/s1. The van der Waals surface area contributed by atoms with E-state index in [0.29, 0.717) is 68.3 Å². The number of morpholine rings is 1. The van der Waals surface area contributed by atoms with Crippen LogP contribution in [0, 0.1) is 0 Å². The molecule has 2 aliphatic carbocycles. The minimum absolute atomic E-state index is 0.128. The van der Waals surface area contributed by atoms with Crippen molar-refractivity contribution in [2.75, 3.05) is 57.9 Å². The highest BCUT2D eigenvalue weighted by atomic mass is 32.1. The average Bonchev–Trinajstić information content (AvgIpc) is 3.73. The van der Waals surface area contributed by atoms with Crippen molar-refractivity contribution in [3.63, 3.8) is 0 Å². The molecule has 0 radical (unpaired) electrons. The summed E-state index contributed by atoms with van der Waals surface area (Å²) in [5.74, 6) is -0.682. The topological polar surface area (TPSA) is 154 Å². The molecular weight excluding hydrogens is 671 g/mol. The van der Waals surface area contributed by atoms with Crippen LogP contribution >= 0.6 is 11.3 Å². The van der Waals surface area contributed by atoms with Gasteiger partial charge in [-0.25, -0.2) is 9.78 Å². The summed E-state index contributed by atoms with van der Waals surface area (Å²) in [5, 5.41) is 14.2. The molecule has 13 nitrogen and oxygen atoms in total. The van der Waals surface area contributed by atoms with Gasteiger partial charge in [-0.15, -0.1) is 11.3 Å². The predicted molar refractivity (Wildman–Crippen MR) is 193 cm³/mol. The number of aromatic nitrogens is 1. The third kappa shape index (κ3) is 8.52. The molecule has 14 heteroatoms. The number of carbonyl (C=O) groups excluding carboxylic acids is 4. The Morgan fingerprint density at radius 3 is 2.47 bits per heavy atom. The SMILES string of the molecule is O=C(NC1CC1)N[C@@H](C(=O)N1[C@H](C(=O)Nc2nc(-c3ccc(C(=O)NCCN4CCOCC4)cc3)cs2)CCC12CCOCC2)C1=CC=CCC1. The van der Waals surface area contributed by atoms with Crippen molar-refractivity contribution < 1.29 is 28.7 Å². The third-order valence-corrected chi connectivity index (χ3v) is 11.3. The van der Waals surface area contributed by atoms with Crippen molar-refractivity contribution >= 4 is 40.2 Å². The number of ether oxygens (including phenoxy) is 2. The van der Waals surface area contributed by atoms with Crippen molar-refractivity contribution in [2.24, 2.45) is 0 Å². The van der Waals surface area contributed by atoms with Gasteiger partial charge in [0.1, 0.15) is 12.1 Å². The van der Waals surface area contributed by atoms with Crippen molar-refractivity contribution in [2.45, 2.75) is 75.0 Å². The molecule has 3 aliphatic heterocycles. The van der Waals surface area contributed by atoms with Crippen molar-refractivity contribution in [3.05, 3.63) is 59.0 Å². The highest BCUT2D eigenvalue weighted by molar-refractivity contribution is 7.14. The lowest BCUT2D eigenvalue weighted by Crippen LogP contribution is -2.62. The second kappa shape index (κ2) is 16.1. The number of hydrogen-bond acceptors (Lipinski definition) is 9. The van der Waals surface area contributed by atoms with E-state index in [0.717, 1.165) is 63.2 Å². The van der Waals surface area contributed by atoms with E-state index in [1.54, 1.807) is 17.0 Å². The number of carbonyl (C=O) groups is 4. The summed E-state index contributed by atoms with van der Waals surface area (Å²) in [6.07, 6.45) is 11.6. The number of benzene rings is 1. The lowest BCUT2D eigenvalue weighted by Gasteiger charge is -2.44. The summed E-state index contributed by atoms with van der Waals surface area (Å²) in [6.45, 7) is 5.57. The Hall–Kier alpha value is -4.11. The van der Waals surface area contributed by atoms with E-state index >= 15 is 0 Å². The van der Waals surface area contributed by atoms with Crippen molar-refractivity contribution in [3.8, 4) is 11.3 Å². The maximum atomic E-state index is 14.7. The van der Waals surface area contributed by atoms with Gasteiger partial charge in [-0.05, 0) is 69.1 Å². The molecule has 4 heterocycles. The molecular formula is C37H47N7O6S. The van der Waals surface area contributed by atoms with Gasteiger partial charge < -0.3 is 35.6 Å². The molecule has 1 aromatic heterocycles. The van der Waals surface area contributed by atoms with Gasteiger partial charge in [0.2, 0.25) is 5.91 Å². The number of anilines is 1. The monoisotopic (exact) mass is 717 g/mol. The number of nitrogens with one attached hydrogen (secondary N) is 4. The first-order chi connectivity index (χ1) is 24.9. The Balaban J connectivity index is 1.02. The Morgan fingerprint density at radius 1 is 0.980 bits per heavy atom. The number of likely N-dealkylation sites (tertiary alicyclic amines) is 1. The Morgan fingerprint density at radius 2 is 1.75 bits per heavy atom. The molecule has 51 heavy (non-hydrogen) atoms. The Kier molecular flexibility index (Phi) is 11.1. The number of hydrogen-bond donors (Lipinski definition) is 4. The zero-order valence-corrected chi connectivity index (χ0v) is 29.7. The molecule has 5 aliphatic rings. The van der Waals surface area contributed by atoms with Gasteiger partial charge in [-0.3, -0.25) is 19.3 Å². The van der Waals surface area contributed by atoms with Crippen LogP contribution in [0.15, 0.2) is 53.4 Å². The smallest absolute Gasteiger partial charge is 0.315 e. The first kappa shape index (κ1) is 35.3. The van der Waals surface area contributed by atoms with E-state index < -0.39 is 17.6 Å². The van der Waals surface area contributed by atoms with Crippen molar-refractivity contribution in [1.29, 1.82) is 0 Å². The van der Waals surface area contributed by atoms with Gasteiger partial charge in [-0.1, -0.05) is 30.4 Å². The van der Waals surface area contributed by atoms with Gasteiger partial charge in [0, 0.05) is 67.5 Å². The molecule has 4 fully saturated rings. The van der Waals surface area contributed by atoms with E-state index in [1.807, 2.05) is 35.7 Å². The maximum Gasteiger partial charge on any atom is 0.315 e. The molecule has 5 amide bonds. The molecule has 2 aromatic rings. The summed E-state index contributed by atoms with van der Waals surface area (Å²) in [6, 6.07) is 5.45. The predicted octanol–water partition coefficient (Wildman–Crippen LogP) is 3.46. The summed E-state index contributed by atoms with van der Waals surface area (Å²) >= 11 is 1.31. The second-order valence-corrected chi connectivity index (χ2v) is 14.8. The van der Waals surface area contributed by atoms with Crippen molar-refractivity contribution in [1.82, 2.24) is 30.7 Å². The van der Waals surface area contributed by atoms with E-state index in [-0.39, 0.29) is 29.8 Å². The van der Waals surface area contributed by atoms with Crippen LogP contribution < -0.4 is 21.3 Å². The van der Waals surface area contributed by atoms with E-state index in [9.17, 15) is 19.2 Å². The van der Waals surface area contributed by atoms with E-state index in [1.165, 1.54) is 11.3 Å². The number of thiazole rings is 1. The Bertz CT molecular complexity index is 1640. The number of amides is 5. The fourth-order valence-corrected chi connectivity index (χ4v) is 8.18. The molecule has 0 unspecified atom stereocenters. The van der Waals surface area contributed by atoms with Gasteiger partial charge >= 0.3 is 6.03 Å². The Labute approximate surface area is 302 Å². The van der Waals surface area contributed by atoms with Gasteiger partial charge in [0.05, 0.1) is 18.9 Å². The zero-order valence-electron chi connectivity index (χ0n) is 28.9. The van der Waals surface area contributed by atoms with Gasteiger partial charge in [0.25, 0.3) is 11.8 Å². The number of rotatable bonds is 11. The minimum Gasteiger partial charge on any atom is -0.381 e. The third-order valence-electron chi connectivity index (χ3n) is 10.5. The molecule has 1 saturated carbocycles. The van der Waals surface area contributed by atoms with Crippen LogP contribution in [-0.2, 0) is 19.1 Å². The lowest BCUT2D eigenvalue weighted by molar-refractivity contribution is -0.146. The molecule has 2 atom stereocenters. The average molecular weight is 718 g/mol. The fraction of sp³-hybridized carbons (Fsp3) is 0.541. The van der Waals surface area contributed by atoms with Crippen LogP contribution in [0.5, 0.6) is 0 Å². The van der Waals surface area contributed by atoms with Crippen LogP contribution in [0.4, 0.5) is 9.93 Å². The van der Waals surface area contributed by atoms with Crippen LogP contribution in [0.2, 0.25) is 0 Å². The molecule has 7 rings (SSSR count). The molecule has 1 aromatic carbocycles.